The summed E-state index contributed by atoms with van der Waals surface area (Å²) < 4.78 is 52.0. The third kappa shape index (κ3) is 6.07. The average molecular weight is 465 g/mol. The molecule has 0 aliphatic carbocycles. The molecule has 166 valence electrons. The molecule has 3 rings (SSSR count). The summed E-state index contributed by atoms with van der Waals surface area (Å²) in [6.07, 6.45) is -4.56. The van der Waals surface area contributed by atoms with Gasteiger partial charge < -0.3 is 10.2 Å². The summed E-state index contributed by atoms with van der Waals surface area (Å²) in [5, 5.41) is 2.75. The molecule has 0 unspecified atom stereocenters. The lowest BCUT2D eigenvalue weighted by molar-refractivity contribution is -0.137. The molecule has 0 radical (unpaired) electrons. The zero-order chi connectivity index (χ0) is 23.3. The molecular formula is C23H17ClF4N2O2. The van der Waals surface area contributed by atoms with E-state index in [9.17, 15) is 27.2 Å². The van der Waals surface area contributed by atoms with E-state index in [-0.39, 0.29) is 17.8 Å². The molecule has 0 aliphatic heterocycles. The first kappa shape index (κ1) is 23.3. The Hall–Kier alpha value is -3.39. The highest BCUT2D eigenvalue weighted by molar-refractivity contribution is 6.31. The van der Waals surface area contributed by atoms with E-state index in [0.717, 1.165) is 24.3 Å². The lowest BCUT2D eigenvalue weighted by Crippen LogP contribution is -2.37. The Morgan fingerprint density at radius 2 is 1.62 bits per heavy atom. The molecule has 0 atom stereocenters. The minimum Gasteiger partial charge on any atom is -0.325 e. The number of amides is 2. The maximum absolute atomic E-state index is 13.2. The molecule has 4 nitrogen and oxygen atoms in total. The normalized spacial score (nSPS) is 11.2. The molecule has 0 saturated carbocycles. The first-order valence-corrected chi connectivity index (χ1v) is 9.76. The number of nitrogens with one attached hydrogen (secondary N) is 1. The number of hydrogen-bond donors (Lipinski definition) is 1. The van der Waals surface area contributed by atoms with Crippen LogP contribution in [-0.4, -0.2) is 23.3 Å². The van der Waals surface area contributed by atoms with E-state index in [0.29, 0.717) is 10.6 Å². The summed E-state index contributed by atoms with van der Waals surface area (Å²) in [6.45, 7) is -0.496. The summed E-state index contributed by atoms with van der Waals surface area (Å²) in [7, 11) is 0. The van der Waals surface area contributed by atoms with Crippen LogP contribution in [0.1, 0.15) is 21.5 Å². The Kier molecular flexibility index (Phi) is 7.15. The van der Waals surface area contributed by atoms with Crippen LogP contribution in [0.2, 0.25) is 5.02 Å². The molecule has 9 heteroatoms. The number of carbonyl (C=O) groups is 2. The van der Waals surface area contributed by atoms with E-state index < -0.39 is 35.9 Å². The number of alkyl halides is 3. The van der Waals surface area contributed by atoms with Crippen molar-refractivity contribution in [2.75, 3.05) is 11.9 Å². The van der Waals surface area contributed by atoms with Gasteiger partial charge in [-0.05, 0) is 54.1 Å². The molecule has 3 aromatic rings. The highest BCUT2D eigenvalue weighted by Gasteiger charge is 2.30. The number of carbonyl (C=O) groups excluding carboxylic acids is 2. The van der Waals surface area contributed by atoms with Gasteiger partial charge in [0.1, 0.15) is 12.4 Å². The predicted molar refractivity (Wildman–Crippen MR) is 113 cm³/mol. The molecule has 0 fully saturated rings. The van der Waals surface area contributed by atoms with Crippen LogP contribution in [0.5, 0.6) is 0 Å². The van der Waals surface area contributed by atoms with Crippen molar-refractivity contribution in [3.05, 3.63) is 100 Å². The highest BCUT2D eigenvalue weighted by atomic mass is 35.5. The van der Waals surface area contributed by atoms with Crippen LogP contribution in [0, 0.1) is 5.82 Å². The number of rotatable bonds is 6. The quantitative estimate of drug-likeness (QED) is 0.470. The average Bonchev–Trinajstić information content (AvgIpc) is 2.74. The zero-order valence-electron chi connectivity index (χ0n) is 16.5. The molecule has 1 N–H and O–H groups in total. The number of benzene rings is 3. The molecule has 0 heterocycles. The molecule has 0 saturated heterocycles. The monoisotopic (exact) mass is 464 g/mol. The van der Waals surface area contributed by atoms with Crippen molar-refractivity contribution in [3.8, 4) is 0 Å². The molecule has 32 heavy (non-hydrogen) atoms. The third-order valence-electron chi connectivity index (χ3n) is 4.51. The second-order valence-electron chi connectivity index (χ2n) is 6.89. The highest BCUT2D eigenvalue weighted by Crippen LogP contribution is 2.30. The van der Waals surface area contributed by atoms with E-state index in [1.54, 1.807) is 24.3 Å². The van der Waals surface area contributed by atoms with Gasteiger partial charge in [-0.25, -0.2) is 4.39 Å². The first-order chi connectivity index (χ1) is 15.1. The first-order valence-electron chi connectivity index (χ1n) is 9.39. The Morgan fingerprint density at radius 1 is 0.938 bits per heavy atom. The largest absolute Gasteiger partial charge is 0.416 e. The fraction of sp³-hybridized carbons (Fsp3) is 0.130. The third-order valence-corrected chi connectivity index (χ3v) is 4.87. The lowest BCUT2D eigenvalue weighted by Gasteiger charge is -2.23. The SMILES string of the molecule is O=C(CN(Cc1ccccc1Cl)C(=O)c1ccc(F)cc1)Nc1cccc(C(F)(F)F)c1. The van der Waals surface area contributed by atoms with E-state index in [4.69, 9.17) is 11.6 Å². The van der Waals surface area contributed by atoms with Crippen LogP contribution < -0.4 is 5.32 Å². The van der Waals surface area contributed by atoms with Crippen molar-refractivity contribution in [1.82, 2.24) is 4.90 Å². The minimum absolute atomic E-state index is 0.0358. The van der Waals surface area contributed by atoms with E-state index in [1.807, 2.05) is 0 Å². The van der Waals surface area contributed by atoms with Crippen molar-refractivity contribution in [2.24, 2.45) is 0 Å². The fourth-order valence-electron chi connectivity index (χ4n) is 2.95. The Bertz CT molecular complexity index is 1120. The van der Waals surface area contributed by atoms with Gasteiger partial charge in [0.2, 0.25) is 5.91 Å². The molecule has 2 amide bonds. The van der Waals surface area contributed by atoms with Gasteiger partial charge in [-0.15, -0.1) is 0 Å². The van der Waals surface area contributed by atoms with Gasteiger partial charge in [0.15, 0.2) is 0 Å². The van der Waals surface area contributed by atoms with Crippen molar-refractivity contribution < 1.29 is 27.2 Å². The van der Waals surface area contributed by atoms with E-state index in [1.165, 1.54) is 29.2 Å². The number of nitrogens with zero attached hydrogens (tertiary/aromatic N) is 1. The number of anilines is 1. The van der Waals surface area contributed by atoms with E-state index in [2.05, 4.69) is 5.32 Å². The fourth-order valence-corrected chi connectivity index (χ4v) is 3.15. The summed E-state index contributed by atoms with van der Waals surface area (Å²) in [5.41, 5.74) is -0.260. The Labute approximate surface area is 186 Å². The standard InChI is InChI=1S/C23H17ClF4N2O2/c24-20-7-2-1-4-16(20)13-30(22(32)15-8-10-18(25)11-9-15)14-21(31)29-19-6-3-5-17(12-19)23(26,27)28/h1-12H,13-14H2,(H,29,31). The van der Waals surface area contributed by atoms with Gasteiger partial charge in [0.25, 0.3) is 5.91 Å². The van der Waals surface area contributed by atoms with Gasteiger partial charge in [-0.1, -0.05) is 35.9 Å². The van der Waals surface area contributed by atoms with Crippen LogP contribution in [-0.2, 0) is 17.5 Å². The van der Waals surface area contributed by atoms with Crippen molar-refractivity contribution in [3.63, 3.8) is 0 Å². The van der Waals surface area contributed by atoms with Crippen LogP contribution >= 0.6 is 11.6 Å². The van der Waals surface area contributed by atoms with Gasteiger partial charge in [-0.3, -0.25) is 9.59 Å². The van der Waals surface area contributed by atoms with Crippen LogP contribution in [0.25, 0.3) is 0 Å². The second-order valence-corrected chi connectivity index (χ2v) is 7.29. The maximum atomic E-state index is 13.2. The molecule has 0 aliphatic rings. The summed E-state index contributed by atoms with van der Waals surface area (Å²) in [6, 6.07) is 15.7. The minimum atomic E-state index is -4.56. The Morgan fingerprint density at radius 3 is 2.28 bits per heavy atom. The van der Waals surface area contributed by atoms with Crippen molar-refractivity contribution in [1.29, 1.82) is 0 Å². The molecule has 0 aromatic heterocycles. The molecular weight excluding hydrogens is 448 g/mol. The smallest absolute Gasteiger partial charge is 0.325 e. The van der Waals surface area contributed by atoms with Gasteiger partial charge >= 0.3 is 6.18 Å². The van der Waals surface area contributed by atoms with Gasteiger partial charge in [0.05, 0.1) is 5.56 Å². The predicted octanol–water partition coefficient (Wildman–Crippen LogP) is 5.78. The maximum Gasteiger partial charge on any atom is 0.416 e. The topological polar surface area (TPSA) is 49.4 Å². The molecule has 0 bridgehead atoms. The lowest BCUT2D eigenvalue weighted by atomic mass is 10.1. The van der Waals surface area contributed by atoms with Gasteiger partial charge in [0, 0.05) is 22.8 Å². The summed E-state index contributed by atoms with van der Waals surface area (Å²) >= 11 is 6.17. The number of halogens is 5. The van der Waals surface area contributed by atoms with Crippen LogP contribution in [0.4, 0.5) is 23.2 Å². The summed E-state index contributed by atoms with van der Waals surface area (Å²) in [5.74, 6) is -1.79. The zero-order valence-corrected chi connectivity index (χ0v) is 17.3. The van der Waals surface area contributed by atoms with Gasteiger partial charge in [-0.2, -0.15) is 13.2 Å². The van der Waals surface area contributed by atoms with E-state index >= 15 is 0 Å². The Balaban J connectivity index is 1.81. The van der Waals surface area contributed by atoms with Crippen LogP contribution in [0.3, 0.4) is 0 Å². The van der Waals surface area contributed by atoms with Crippen molar-refractivity contribution >= 4 is 29.1 Å². The van der Waals surface area contributed by atoms with Crippen LogP contribution in [0.15, 0.2) is 72.8 Å². The molecule has 0 spiro atoms. The number of hydrogen-bond acceptors (Lipinski definition) is 2. The summed E-state index contributed by atoms with van der Waals surface area (Å²) in [4.78, 5) is 26.7. The molecule has 3 aromatic carbocycles. The van der Waals surface area contributed by atoms with Crippen molar-refractivity contribution in [2.45, 2.75) is 12.7 Å². The second kappa shape index (κ2) is 9.82.